The zero-order valence-corrected chi connectivity index (χ0v) is 18.7. The fourth-order valence-corrected chi connectivity index (χ4v) is 5.13. The van der Waals surface area contributed by atoms with E-state index in [1.165, 1.54) is 19.3 Å². The van der Waals surface area contributed by atoms with Gasteiger partial charge in [0.05, 0.1) is 18.3 Å². The first-order chi connectivity index (χ1) is 15.8. The standard InChI is InChI=1S/C27H31N3O2/c1-2-3-18-32-22-16-14-20(15-17-22)26-23-24(19-10-6-4-7-11-19)28-29-25(23)27(31)30(26)21-12-8-5-9-13-21/h4,6-7,10-11,14-17,21,26H,2-3,5,8-9,12-13,18H2,1H3,(H,28,29). The van der Waals surface area contributed by atoms with Crippen molar-refractivity contribution in [2.24, 2.45) is 0 Å². The van der Waals surface area contributed by atoms with Crippen molar-refractivity contribution >= 4 is 5.91 Å². The number of aromatic amines is 1. The molecule has 0 bridgehead atoms. The van der Waals surface area contributed by atoms with Gasteiger partial charge in [-0.2, -0.15) is 5.10 Å². The first-order valence-electron chi connectivity index (χ1n) is 12.0. The Morgan fingerprint density at radius 3 is 2.50 bits per heavy atom. The number of nitrogens with one attached hydrogen (secondary N) is 1. The molecule has 32 heavy (non-hydrogen) atoms. The monoisotopic (exact) mass is 429 g/mol. The van der Waals surface area contributed by atoms with Crippen LogP contribution in [0.2, 0.25) is 0 Å². The van der Waals surface area contributed by atoms with Crippen LogP contribution in [0.4, 0.5) is 0 Å². The summed E-state index contributed by atoms with van der Waals surface area (Å²) < 4.78 is 5.88. The van der Waals surface area contributed by atoms with Crippen LogP contribution in [0, 0.1) is 0 Å². The maximum Gasteiger partial charge on any atom is 0.273 e. The smallest absolute Gasteiger partial charge is 0.273 e. The molecule has 0 spiro atoms. The molecule has 1 aliphatic heterocycles. The van der Waals surface area contributed by atoms with Gasteiger partial charge in [-0.25, -0.2) is 0 Å². The Labute approximate surface area is 189 Å². The number of carbonyl (C=O) groups excluding carboxylic acids is 1. The predicted octanol–water partition coefficient (Wildman–Crippen LogP) is 6.13. The Balaban J connectivity index is 1.54. The summed E-state index contributed by atoms with van der Waals surface area (Å²) >= 11 is 0. The summed E-state index contributed by atoms with van der Waals surface area (Å²) in [6.07, 6.45) is 7.93. The quantitative estimate of drug-likeness (QED) is 0.459. The minimum Gasteiger partial charge on any atom is -0.494 e. The molecule has 1 unspecified atom stereocenters. The van der Waals surface area contributed by atoms with Crippen LogP contribution < -0.4 is 4.74 Å². The summed E-state index contributed by atoms with van der Waals surface area (Å²) in [6.45, 7) is 2.90. The number of H-pyrrole nitrogens is 1. The number of carbonyl (C=O) groups is 1. The second-order valence-corrected chi connectivity index (χ2v) is 8.90. The molecule has 1 N–H and O–H groups in total. The van der Waals surface area contributed by atoms with Gasteiger partial charge in [0.2, 0.25) is 0 Å². The number of benzene rings is 2. The molecule has 1 saturated carbocycles. The third-order valence-electron chi connectivity index (χ3n) is 6.78. The van der Waals surface area contributed by atoms with E-state index in [2.05, 4.69) is 46.3 Å². The number of aromatic nitrogens is 2. The van der Waals surface area contributed by atoms with E-state index in [9.17, 15) is 4.79 Å². The topological polar surface area (TPSA) is 58.2 Å². The Morgan fingerprint density at radius 1 is 1.03 bits per heavy atom. The first kappa shape index (κ1) is 20.8. The average Bonchev–Trinajstić information content (AvgIpc) is 3.40. The lowest BCUT2D eigenvalue weighted by molar-refractivity contribution is 0.0606. The summed E-state index contributed by atoms with van der Waals surface area (Å²) in [5, 5.41) is 7.67. The van der Waals surface area contributed by atoms with Crippen molar-refractivity contribution in [2.75, 3.05) is 6.61 Å². The second-order valence-electron chi connectivity index (χ2n) is 8.90. The van der Waals surface area contributed by atoms with Gasteiger partial charge < -0.3 is 9.64 Å². The molecule has 2 heterocycles. The minimum absolute atomic E-state index is 0.0786. The number of hydrogen-bond acceptors (Lipinski definition) is 3. The summed E-state index contributed by atoms with van der Waals surface area (Å²) in [7, 11) is 0. The van der Waals surface area contributed by atoms with E-state index < -0.39 is 0 Å². The molecule has 5 nitrogen and oxygen atoms in total. The van der Waals surface area contributed by atoms with Crippen molar-refractivity contribution < 1.29 is 9.53 Å². The van der Waals surface area contributed by atoms with E-state index in [1.807, 2.05) is 30.3 Å². The molecule has 1 fully saturated rings. The van der Waals surface area contributed by atoms with Gasteiger partial charge in [0, 0.05) is 17.2 Å². The van der Waals surface area contributed by atoms with E-state index in [4.69, 9.17) is 4.74 Å². The maximum atomic E-state index is 13.6. The van der Waals surface area contributed by atoms with Crippen molar-refractivity contribution in [3.8, 4) is 17.0 Å². The molecule has 2 aromatic carbocycles. The van der Waals surface area contributed by atoms with Crippen molar-refractivity contribution in [1.29, 1.82) is 0 Å². The van der Waals surface area contributed by atoms with Gasteiger partial charge in [-0.05, 0) is 37.0 Å². The third kappa shape index (κ3) is 3.81. The lowest BCUT2D eigenvalue weighted by atomic mass is 9.91. The lowest BCUT2D eigenvalue weighted by Gasteiger charge is -2.36. The Morgan fingerprint density at radius 2 is 1.78 bits per heavy atom. The number of ether oxygens (including phenoxy) is 1. The molecule has 1 atom stereocenters. The molecule has 1 amide bonds. The number of amides is 1. The molecular weight excluding hydrogens is 398 g/mol. The molecule has 2 aliphatic rings. The molecule has 166 valence electrons. The number of unbranched alkanes of at least 4 members (excludes halogenated alkanes) is 1. The highest BCUT2D eigenvalue weighted by atomic mass is 16.5. The van der Waals surface area contributed by atoms with Gasteiger partial charge in [0.1, 0.15) is 11.4 Å². The highest BCUT2D eigenvalue weighted by Gasteiger charge is 2.45. The second kappa shape index (κ2) is 9.19. The SMILES string of the molecule is CCCCOc1ccc(C2c3c(-c4ccccc4)n[nH]c3C(=O)N2C2CCCCC2)cc1. The van der Waals surface area contributed by atoms with Crippen LogP contribution >= 0.6 is 0 Å². The van der Waals surface area contributed by atoms with Crippen LogP contribution in [0.3, 0.4) is 0 Å². The van der Waals surface area contributed by atoms with Crippen molar-refractivity contribution in [3.63, 3.8) is 0 Å². The first-order valence-corrected chi connectivity index (χ1v) is 12.0. The summed E-state index contributed by atoms with van der Waals surface area (Å²) in [6, 6.07) is 18.6. The van der Waals surface area contributed by atoms with E-state index >= 15 is 0 Å². The highest BCUT2D eigenvalue weighted by molar-refractivity contribution is 6.00. The van der Waals surface area contributed by atoms with Gasteiger partial charge >= 0.3 is 0 Å². The third-order valence-corrected chi connectivity index (χ3v) is 6.78. The summed E-state index contributed by atoms with van der Waals surface area (Å²) in [5.74, 6) is 0.960. The minimum atomic E-state index is -0.126. The van der Waals surface area contributed by atoms with Gasteiger partial charge in [-0.1, -0.05) is 75.1 Å². The number of rotatable bonds is 7. The van der Waals surface area contributed by atoms with Gasteiger partial charge in [0.25, 0.3) is 5.91 Å². The molecule has 5 heteroatoms. The van der Waals surface area contributed by atoms with Crippen molar-refractivity contribution in [1.82, 2.24) is 15.1 Å². The fourth-order valence-electron chi connectivity index (χ4n) is 5.13. The van der Waals surface area contributed by atoms with Crippen LogP contribution in [0.25, 0.3) is 11.3 Å². The molecule has 0 radical (unpaired) electrons. The van der Waals surface area contributed by atoms with Gasteiger partial charge in [0.15, 0.2) is 0 Å². The lowest BCUT2D eigenvalue weighted by Crippen LogP contribution is -2.40. The van der Waals surface area contributed by atoms with E-state index in [0.29, 0.717) is 5.69 Å². The Kier molecular flexibility index (Phi) is 5.97. The highest BCUT2D eigenvalue weighted by Crippen LogP contribution is 2.45. The van der Waals surface area contributed by atoms with E-state index in [-0.39, 0.29) is 18.0 Å². The van der Waals surface area contributed by atoms with Crippen molar-refractivity contribution in [2.45, 2.75) is 64.0 Å². The van der Waals surface area contributed by atoms with Crippen LogP contribution in [0.5, 0.6) is 5.75 Å². The van der Waals surface area contributed by atoms with Crippen LogP contribution in [-0.4, -0.2) is 33.7 Å². The molecule has 1 aromatic heterocycles. The van der Waals surface area contributed by atoms with Crippen LogP contribution in [0.1, 0.15) is 79.5 Å². The predicted molar refractivity (Wildman–Crippen MR) is 126 cm³/mol. The van der Waals surface area contributed by atoms with Crippen LogP contribution in [-0.2, 0) is 0 Å². The average molecular weight is 430 g/mol. The molecule has 1 aliphatic carbocycles. The Hall–Kier alpha value is -3.08. The van der Waals surface area contributed by atoms with Crippen molar-refractivity contribution in [3.05, 3.63) is 71.4 Å². The summed E-state index contributed by atoms with van der Waals surface area (Å²) in [5.41, 5.74) is 4.67. The maximum absolute atomic E-state index is 13.6. The number of hydrogen-bond donors (Lipinski definition) is 1. The van der Waals surface area contributed by atoms with Crippen LogP contribution in [0.15, 0.2) is 54.6 Å². The zero-order chi connectivity index (χ0) is 21.9. The molecular formula is C27H31N3O2. The van der Waals surface area contributed by atoms with E-state index in [1.54, 1.807) is 0 Å². The fraction of sp³-hybridized carbons (Fsp3) is 0.407. The molecule has 3 aromatic rings. The summed E-state index contributed by atoms with van der Waals surface area (Å²) in [4.78, 5) is 15.7. The number of fused-ring (bicyclic) bond motifs is 1. The van der Waals surface area contributed by atoms with Gasteiger partial charge in [-0.15, -0.1) is 0 Å². The Bertz CT molecular complexity index is 1050. The normalized spacial score (nSPS) is 18.7. The van der Waals surface area contributed by atoms with E-state index in [0.717, 1.165) is 60.4 Å². The molecule has 0 saturated heterocycles. The van der Waals surface area contributed by atoms with Gasteiger partial charge in [-0.3, -0.25) is 9.89 Å². The zero-order valence-electron chi connectivity index (χ0n) is 18.7. The number of nitrogens with zero attached hydrogens (tertiary/aromatic N) is 2. The largest absolute Gasteiger partial charge is 0.494 e. The molecule has 5 rings (SSSR count).